The summed E-state index contributed by atoms with van der Waals surface area (Å²) in [6.45, 7) is 4.77. The number of Topliss-reactive ketones (excluding diaryl/α,β-unsaturated/α-hetero) is 1. The Bertz CT molecular complexity index is 522. The summed E-state index contributed by atoms with van der Waals surface area (Å²) >= 11 is 0. The SMILES string of the molecule is CCCC(C)C[C@H]1C[C@H]2CCCCC[C@H]2C1C(=O)CC1CCCC2CCCCC21. The van der Waals surface area contributed by atoms with Gasteiger partial charge < -0.3 is 0 Å². The molecule has 0 aromatic rings. The van der Waals surface area contributed by atoms with E-state index < -0.39 is 0 Å². The van der Waals surface area contributed by atoms with E-state index in [9.17, 15) is 4.79 Å². The lowest BCUT2D eigenvalue weighted by Gasteiger charge is -2.42. The van der Waals surface area contributed by atoms with Crippen LogP contribution in [0.2, 0.25) is 0 Å². The summed E-state index contributed by atoms with van der Waals surface area (Å²) in [5.74, 6) is 6.89. The Morgan fingerprint density at radius 2 is 1.48 bits per heavy atom. The number of fused-ring (bicyclic) bond motifs is 2. The van der Waals surface area contributed by atoms with E-state index in [1.807, 2.05) is 0 Å². The van der Waals surface area contributed by atoms with Gasteiger partial charge in [0.1, 0.15) is 5.78 Å². The Hall–Kier alpha value is -0.330. The van der Waals surface area contributed by atoms with E-state index in [2.05, 4.69) is 13.8 Å². The molecule has 0 heterocycles. The quantitative estimate of drug-likeness (QED) is 0.421. The Kier molecular flexibility index (Phi) is 7.79. The van der Waals surface area contributed by atoms with Crippen molar-refractivity contribution in [1.82, 2.24) is 0 Å². The Morgan fingerprint density at radius 3 is 2.34 bits per heavy atom. The van der Waals surface area contributed by atoms with Crippen LogP contribution in [0.15, 0.2) is 0 Å². The Labute approximate surface area is 181 Å². The van der Waals surface area contributed by atoms with Crippen LogP contribution >= 0.6 is 0 Å². The lowest BCUT2D eigenvalue weighted by atomic mass is 9.63. The van der Waals surface area contributed by atoms with E-state index in [0.717, 1.165) is 47.7 Å². The normalized spacial score (nSPS) is 41.2. The maximum absolute atomic E-state index is 13.9. The average molecular weight is 401 g/mol. The molecule has 0 radical (unpaired) electrons. The molecule has 4 aliphatic carbocycles. The molecule has 0 aliphatic heterocycles. The second kappa shape index (κ2) is 10.3. The fourth-order valence-electron chi connectivity index (χ4n) is 8.66. The van der Waals surface area contributed by atoms with Crippen molar-refractivity contribution in [2.24, 2.45) is 47.3 Å². The third-order valence-corrected chi connectivity index (χ3v) is 9.84. The van der Waals surface area contributed by atoms with Crippen LogP contribution in [0.4, 0.5) is 0 Å². The highest BCUT2D eigenvalue weighted by Gasteiger charge is 2.47. The molecule has 29 heavy (non-hydrogen) atoms. The van der Waals surface area contributed by atoms with Crippen molar-refractivity contribution in [3.8, 4) is 0 Å². The minimum atomic E-state index is 0.432. The number of ketones is 1. The number of carbonyl (C=O) groups excluding carboxylic acids is 1. The topological polar surface area (TPSA) is 17.1 Å². The molecule has 0 aromatic carbocycles. The van der Waals surface area contributed by atoms with Crippen LogP contribution in [0.3, 0.4) is 0 Å². The van der Waals surface area contributed by atoms with E-state index in [0.29, 0.717) is 11.8 Å². The Balaban J connectivity index is 1.46. The zero-order chi connectivity index (χ0) is 20.2. The zero-order valence-corrected chi connectivity index (χ0v) is 19.5. The van der Waals surface area contributed by atoms with E-state index in [-0.39, 0.29) is 0 Å². The molecule has 1 heteroatoms. The largest absolute Gasteiger partial charge is 0.299 e. The zero-order valence-electron chi connectivity index (χ0n) is 19.5. The minimum Gasteiger partial charge on any atom is -0.299 e. The molecule has 0 aromatic heterocycles. The standard InChI is InChI=1S/C28H48O/c1-3-10-20(2)17-24-18-22-12-5-4-6-16-26(22)28(24)27(29)19-23-14-9-13-21-11-7-8-15-25(21)23/h20-26,28H,3-19H2,1-2H3/t20?,21?,22-,23?,24+,25?,26-,28?/m1/s1. The Morgan fingerprint density at radius 1 is 0.793 bits per heavy atom. The first kappa shape index (κ1) is 21.9. The average Bonchev–Trinajstić information content (AvgIpc) is 2.89. The third-order valence-electron chi connectivity index (χ3n) is 9.84. The summed E-state index contributed by atoms with van der Waals surface area (Å²) in [7, 11) is 0. The highest BCUT2D eigenvalue weighted by atomic mass is 16.1. The van der Waals surface area contributed by atoms with Crippen LogP contribution in [-0.2, 0) is 4.79 Å². The van der Waals surface area contributed by atoms with Crippen LogP contribution in [0.1, 0.15) is 123 Å². The van der Waals surface area contributed by atoms with Gasteiger partial charge in [-0.05, 0) is 73.5 Å². The second-order valence-corrected chi connectivity index (χ2v) is 11.8. The van der Waals surface area contributed by atoms with Gasteiger partial charge >= 0.3 is 0 Å². The van der Waals surface area contributed by atoms with E-state index >= 15 is 0 Å². The second-order valence-electron chi connectivity index (χ2n) is 11.8. The van der Waals surface area contributed by atoms with Crippen molar-refractivity contribution in [3.63, 3.8) is 0 Å². The molecule has 1 nitrogen and oxygen atoms in total. The summed E-state index contributed by atoms with van der Waals surface area (Å²) < 4.78 is 0. The van der Waals surface area contributed by atoms with Gasteiger partial charge in [-0.25, -0.2) is 0 Å². The number of carbonyl (C=O) groups is 1. The van der Waals surface area contributed by atoms with Crippen molar-refractivity contribution in [2.45, 2.75) is 123 Å². The molecule has 4 rings (SSSR count). The fraction of sp³-hybridized carbons (Fsp3) is 0.964. The molecule has 4 fully saturated rings. The first-order valence-electron chi connectivity index (χ1n) is 13.7. The number of hydrogen-bond donors (Lipinski definition) is 0. The molecule has 0 amide bonds. The smallest absolute Gasteiger partial charge is 0.136 e. The van der Waals surface area contributed by atoms with E-state index in [1.165, 1.54) is 103 Å². The van der Waals surface area contributed by atoms with Crippen LogP contribution in [-0.4, -0.2) is 5.78 Å². The molecule has 0 saturated heterocycles. The van der Waals surface area contributed by atoms with Crippen molar-refractivity contribution >= 4 is 5.78 Å². The highest BCUT2D eigenvalue weighted by molar-refractivity contribution is 5.82. The predicted octanol–water partition coefficient (Wildman–Crippen LogP) is 8.21. The van der Waals surface area contributed by atoms with Gasteiger partial charge in [0.05, 0.1) is 0 Å². The monoisotopic (exact) mass is 400 g/mol. The number of rotatable bonds is 7. The van der Waals surface area contributed by atoms with Crippen LogP contribution in [0.5, 0.6) is 0 Å². The highest BCUT2D eigenvalue weighted by Crippen LogP contribution is 2.52. The van der Waals surface area contributed by atoms with Gasteiger partial charge in [-0.1, -0.05) is 84.5 Å². The lowest BCUT2D eigenvalue weighted by Crippen LogP contribution is -2.35. The molecule has 0 N–H and O–H groups in total. The van der Waals surface area contributed by atoms with Gasteiger partial charge in [-0.15, -0.1) is 0 Å². The molecule has 4 saturated carbocycles. The van der Waals surface area contributed by atoms with Crippen molar-refractivity contribution in [2.75, 3.05) is 0 Å². The summed E-state index contributed by atoms with van der Waals surface area (Å²) in [6, 6.07) is 0. The summed E-state index contributed by atoms with van der Waals surface area (Å²) in [4.78, 5) is 13.9. The molecular formula is C28H48O. The molecule has 0 bridgehead atoms. The van der Waals surface area contributed by atoms with Gasteiger partial charge in [0.15, 0.2) is 0 Å². The van der Waals surface area contributed by atoms with Gasteiger partial charge in [0.25, 0.3) is 0 Å². The molecule has 8 atom stereocenters. The predicted molar refractivity (Wildman–Crippen MR) is 123 cm³/mol. The summed E-state index contributed by atoms with van der Waals surface area (Å²) in [5.41, 5.74) is 0. The third kappa shape index (κ3) is 5.12. The lowest BCUT2D eigenvalue weighted by molar-refractivity contribution is -0.127. The van der Waals surface area contributed by atoms with Gasteiger partial charge in [-0.2, -0.15) is 0 Å². The van der Waals surface area contributed by atoms with Crippen LogP contribution in [0.25, 0.3) is 0 Å². The maximum atomic E-state index is 13.9. The van der Waals surface area contributed by atoms with Gasteiger partial charge in [0.2, 0.25) is 0 Å². The van der Waals surface area contributed by atoms with Crippen LogP contribution in [0, 0.1) is 47.3 Å². The van der Waals surface area contributed by atoms with Gasteiger partial charge in [0, 0.05) is 12.3 Å². The van der Waals surface area contributed by atoms with Gasteiger partial charge in [-0.3, -0.25) is 4.79 Å². The van der Waals surface area contributed by atoms with E-state index in [4.69, 9.17) is 0 Å². The fourth-order valence-corrected chi connectivity index (χ4v) is 8.66. The van der Waals surface area contributed by atoms with Crippen molar-refractivity contribution in [3.05, 3.63) is 0 Å². The molecule has 5 unspecified atom stereocenters. The van der Waals surface area contributed by atoms with Crippen molar-refractivity contribution in [1.29, 1.82) is 0 Å². The van der Waals surface area contributed by atoms with E-state index in [1.54, 1.807) is 0 Å². The summed E-state index contributed by atoms with van der Waals surface area (Å²) in [5, 5.41) is 0. The summed E-state index contributed by atoms with van der Waals surface area (Å²) in [6.07, 6.45) is 23.3. The molecule has 0 spiro atoms. The maximum Gasteiger partial charge on any atom is 0.136 e. The van der Waals surface area contributed by atoms with Crippen LogP contribution < -0.4 is 0 Å². The first-order chi connectivity index (χ1) is 14.2. The molecule has 166 valence electrons. The molecule has 4 aliphatic rings. The molecular weight excluding hydrogens is 352 g/mol. The minimum absolute atomic E-state index is 0.432. The van der Waals surface area contributed by atoms with Crippen molar-refractivity contribution < 1.29 is 4.79 Å². The first-order valence-corrected chi connectivity index (χ1v) is 13.7. The number of hydrogen-bond acceptors (Lipinski definition) is 1.